The van der Waals surface area contributed by atoms with E-state index < -0.39 is 5.97 Å². The third-order valence-electron chi connectivity index (χ3n) is 4.20. The monoisotopic (exact) mass is 383 g/mol. The van der Waals surface area contributed by atoms with Gasteiger partial charge in [0.15, 0.2) is 0 Å². The summed E-state index contributed by atoms with van der Waals surface area (Å²) in [6.07, 6.45) is 0.518. The minimum Gasteiger partial charge on any atom is -0.494 e. The summed E-state index contributed by atoms with van der Waals surface area (Å²) in [7, 11) is 0. The second kappa shape index (κ2) is 8.90. The Labute approximate surface area is 160 Å². The number of carboxylic acid groups (broad SMARTS) is 1. The number of nitrogens with one attached hydrogen (secondary N) is 2. The number of rotatable bonds is 9. The van der Waals surface area contributed by atoms with Crippen molar-refractivity contribution >= 4 is 22.9 Å². The zero-order valence-electron chi connectivity index (χ0n) is 15.2. The molecule has 3 N–H and O–H groups in total. The lowest BCUT2D eigenvalue weighted by molar-refractivity contribution is -0.137. The number of amides is 1. The van der Waals surface area contributed by atoms with E-state index in [9.17, 15) is 14.4 Å². The van der Waals surface area contributed by atoms with Gasteiger partial charge >= 0.3 is 11.7 Å². The maximum Gasteiger partial charge on any atom is 0.326 e. The minimum atomic E-state index is -0.843. The third-order valence-corrected chi connectivity index (χ3v) is 4.20. The minimum absolute atomic E-state index is 0.0619. The van der Waals surface area contributed by atoms with E-state index in [1.807, 2.05) is 24.3 Å². The zero-order chi connectivity index (χ0) is 19.9. The number of carbonyl (C=O) groups is 2. The largest absolute Gasteiger partial charge is 0.494 e. The molecule has 146 valence electrons. The molecule has 2 aromatic carbocycles. The second-order valence-corrected chi connectivity index (χ2v) is 6.30. The molecule has 1 heterocycles. The average Bonchev–Trinajstić information content (AvgIpc) is 3.00. The van der Waals surface area contributed by atoms with Crippen molar-refractivity contribution in [3.05, 3.63) is 64.6 Å². The van der Waals surface area contributed by atoms with E-state index in [1.165, 1.54) is 4.57 Å². The molecule has 0 aliphatic rings. The Kier molecular flexibility index (Phi) is 6.11. The summed E-state index contributed by atoms with van der Waals surface area (Å²) in [5.41, 5.74) is 1.95. The molecule has 8 heteroatoms. The van der Waals surface area contributed by atoms with E-state index >= 15 is 0 Å². The molecule has 28 heavy (non-hydrogen) atoms. The van der Waals surface area contributed by atoms with Crippen molar-refractivity contribution in [2.75, 3.05) is 6.61 Å². The summed E-state index contributed by atoms with van der Waals surface area (Å²) < 4.78 is 6.87. The van der Waals surface area contributed by atoms with E-state index in [2.05, 4.69) is 10.3 Å². The van der Waals surface area contributed by atoms with E-state index in [0.717, 1.165) is 5.56 Å². The van der Waals surface area contributed by atoms with Crippen LogP contribution in [0.3, 0.4) is 0 Å². The number of hydrogen-bond acceptors (Lipinski definition) is 4. The molecule has 1 aromatic heterocycles. The maximum atomic E-state index is 12.2. The molecule has 0 unspecified atom stereocenters. The van der Waals surface area contributed by atoms with Gasteiger partial charge in [-0.25, -0.2) is 4.79 Å². The van der Waals surface area contributed by atoms with Gasteiger partial charge in [-0.15, -0.1) is 0 Å². The SMILES string of the molecule is O=C(O)CCCOc1ccc(CNC(=O)Cn2c(=O)[nH]c3ccccc32)cc1. The van der Waals surface area contributed by atoms with E-state index in [-0.39, 0.29) is 24.6 Å². The van der Waals surface area contributed by atoms with Crippen LogP contribution in [0.2, 0.25) is 0 Å². The highest BCUT2D eigenvalue weighted by Gasteiger charge is 2.10. The fourth-order valence-corrected chi connectivity index (χ4v) is 2.78. The van der Waals surface area contributed by atoms with Gasteiger partial charge < -0.3 is 20.1 Å². The highest BCUT2D eigenvalue weighted by Crippen LogP contribution is 2.13. The third kappa shape index (κ3) is 5.00. The summed E-state index contributed by atoms with van der Waals surface area (Å²) >= 11 is 0. The molecule has 0 spiro atoms. The van der Waals surface area contributed by atoms with Crippen LogP contribution < -0.4 is 15.7 Å². The van der Waals surface area contributed by atoms with E-state index in [4.69, 9.17) is 9.84 Å². The fraction of sp³-hybridized carbons (Fsp3) is 0.250. The van der Waals surface area contributed by atoms with Crippen LogP contribution in [-0.4, -0.2) is 33.1 Å². The summed E-state index contributed by atoms with van der Waals surface area (Å²) in [5.74, 6) is -0.462. The molecule has 0 aliphatic carbocycles. The predicted octanol–water partition coefficient (Wildman–Crippen LogP) is 1.89. The van der Waals surface area contributed by atoms with Gasteiger partial charge in [-0.1, -0.05) is 24.3 Å². The van der Waals surface area contributed by atoms with Crippen molar-refractivity contribution in [2.45, 2.75) is 25.9 Å². The van der Waals surface area contributed by atoms with E-state index in [0.29, 0.717) is 36.4 Å². The molecule has 0 saturated carbocycles. The van der Waals surface area contributed by atoms with Crippen molar-refractivity contribution < 1.29 is 19.4 Å². The van der Waals surface area contributed by atoms with Crippen molar-refractivity contribution in [3.63, 3.8) is 0 Å². The summed E-state index contributed by atoms with van der Waals surface area (Å²) in [6.45, 7) is 0.602. The number of para-hydroxylation sites is 2. The molecule has 1 amide bonds. The Morgan fingerprint density at radius 1 is 1.11 bits per heavy atom. The number of H-pyrrole nitrogens is 1. The molecular weight excluding hydrogens is 362 g/mol. The van der Waals surface area contributed by atoms with Gasteiger partial charge in [-0.2, -0.15) is 0 Å². The molecule has 0 aliphatic heterocycles. The Morgan fingerprint density at radius 3 is 2.61 bits per heavy atom. The van der Waals surface area contributed by atoms with Gasteiger partial charge in [0.05, 0.1) is 17.6 Å². The second-order valence-electron chi connectivity index (χ2n) is 6.30. The van der Waals surface area contributed by atoms with Crippen molar-refractivity contribution in [2.24, 2.45) is 0 Å². The smallest absolute Gasteiger partial charge is 0.326 e. The molecule has 0 radical (unpaired) electrons. The number of benzene rings is 2. The number of nitrogens with zero attached hydrogens (tertiary/aromatic N) is 1. The van der Waals surface area contributed by atoms with E-state index in [1.54, 1.807) is 24.3 Å². The van der Waals surface area contributed by atoms with Crippen LogP contribution >= 0.6 is 0 Å². The first kappa shape index (κ1) is 19.2. The van der Waals surface area contributed by atoms with Gasteiger partial charge in [0.2, 0.25) is 5.91 Å². The molecular formula is C20H21N3O5. The number of imidazole rings is 1. The zero-order valence-corrected chi connectivity index (χ0v) is 15.2. The number of ether oxygens (including phenoxy) is 1. The highest BCUT2D eigenvalue weighted by atomic mass is 16.5. The number of aromatic nitrogens is 2. The van der Waals surface area contributed by atoms with Crippen LogP contribution in [0.25, 0.3) is 11.0 Å². The van der Waals surface area contributed by atoms with Gasteiger partial charge in [-0.05, 0) is 36.2 Å². The van der Waals surface area contributed by atoms with Crippen LogP contribution in [0, 0.1) is 0 Å². The van der Waals surface area contributed by atoms with Crippen LogP contribution in [0.1, 0.15) is 18.4 Å². The maximum absolute atomic E-state index is 12.2. The Morgan fingerprint density at radius 2 is 1.86 bits per heavy atom. The molecule has 0 fully saturated rings. The standard InChI is InChI=1S/C20H21N3O5/c24-18(13-23-17-5-2-1-4-16(17)22-20(23)27)21-12-14-7-9-15(10-8-14)28-11-3-6-19(25)26/h1-2,4-5,7-10H,3,6,11-13H2,(H,21,24)(H,22,27)(H,25,26). The van der Waals surface area contributed by atoms with Gasteiger partial charge in [0, 0.05) is 13.0 Å². The van der Waals surface area contributed by atoms with Crippen molar-refractivity contribution in [3.8, 4) is 5.75 Å². The first-order valence-electron chi connectivity index (χ1n) is 8.91. The summed E-state index contributed by atoms with van der Waals surface area (Å²) in [4.78, 5) is 37.4. The first-order valence-corrected chi connectivity index (χ1v) is 8.91. The van der Waals surface area contributed by atoms with Crippen LogP contribution in [-0.2, 0) is 22.7 Å². The number of fused-ring (bicyclic) bond motifs is 1. The molecule has 3 aromatic rings. The Bertz CT molecular complexity index is 1020. The fourth-order valence-electron chi connectivity index (χ4n) is 2.78. The number of aliphatic carboxylic acids is 1. The molecule has 0 atom stereocenters. The number of hydrogen-bond donors (Lipinski definition) is 3. The molecule has 0 saturated heterocycles. The topological polar surface area (TPSA) is 113 Å². The summed E-state index contributed by atoms with van der Waals surface area (Å²) in [6, 6.07) is 14.4. The Hall–Kier alpha value is -3.55. The van der Waals surface area contributed by atoms with Gasteiger partial charge in [0.1, 0.15) is 12.3 Å². The van der Waals surface area contributed by atoms with Gasteiger partial charge in [0.25, 0.3) is 0 Å². The number of carbonyl (C=O) groups excluding carboxylic acids is 1. The Balaban J connectivity index is 1.50. The molecule has 8 nitrogen and oxygen atoms in total. The predicted molar refractivity (Wildman–Crippen MR) is 103 cm³/mol. The van der Waals surface area contributed by atoms with Crippen LogP contribution in [0.4, 0.5) is 0 Å². The average molecular weight is 383 g/mol. The lowest BCUT2D eigenvalue weighted by Gasteiger charge is -2.08. The number of aromatic amines is 1. The molecule has 0 bridgehead atoms. The quantitative estimate of drug-likeness (QED) is 0.488. The number of carboxylic acids is 1. The summed E-state index contributed by atoms with van der Waals surface area (Å²) in [5, 5.41) is 11.4. The highest BCUT2D eigenvalue weighted by molar-refractivity contribution is 5.80. The van der Waals surface area contributed by atoms with Crippen LogP contribution in [0.5, 0.6) is 5.75 Å². The lowest BCUT2D eigenvalue weighted by Crippen LogP contribution is -2.30. The van der Waals surface area contributed by atoms with Crippen molar-refractivity contribution in [1.29, 1.82) is 0 Å². The molecule has 3 rings (SSSR count). The normalized spacial score (nSPS) is 10.7. The van der Waals surface area contributed by atoms with Crippen molar-refractivity contribution in [1.82, 2.24) is 14.9 Å². The van der Waals surface area contributed by atoms with Crippen LogP contribution in [0.15, 0.2) is 53.3 Å². The first-order chi connectivity index (χ1) is 13.5. The van der Waals surface area contributed by atoms with Gasteiger partial charge in [-0.3, -0.25) is 14.2 Å². The lowest BCUT2D eigenvalue weighted by atomic mass is 10.2.